The standard InChI is InChI=1S/C11H16N2S/c1-13(7-2-3-8-14)10-11-5-4-6-12-9-11/h2-6,9,14H,7-8,10H2,1H3. The monoisotopic (exact) mass is 208 g/mol. The second-order valence-electron chi connectivity index (χ2n) is 3.21. The first-order chi connectivity index (χ1) is 6.83. The number of hydrogen-bond donors (Lipinski definition) is 1. The summed E-state index contributed by atoms with van der Waals surface area (Å²) >= 11 is 4.11. The van der Waals surface area contributed by atoms with Crippen molar-refractivity contribution in [2.75, 3.05) is 19.3 Å². The van der Waals surface area contributed by atoms with Crippen LogP contribution in [-0.4, -0.2) is 29.2 Å². The molecule has 14 heavy (non-hydrogen) atoms. The van der Waals surface area contributed by atoms with E-state index in [0.29, 0.717) is 0 Å². The molecule has 3 heteroatoms. The summed E-state index contributed by atoms with van der Waals surface area (Å²) in [6.45, 7) is 1.89. The molecule has 0 saturated heterocycles. The zero-order valence-electron chi connectivity index (χ0n) is 8.43. The number of hydrogen-bond acceptors (Lipinski definition) is 3. The van der Waals surface area contributed by atoms with Crippen LogP contribution in [0, 0.1) is 0 Å². The third kappa shape index (κ3) is 4.44. The van der Waals surface area contributed by atoms with Crippen molar-refractivity contribution < 1.29 is 0 Å². The SMILES string of the molecule is CN(CC=CCS)Cc1cccnc1. The van der Waals surface area contributed by atoms with E-state index in [9.17, 15) is 0 Å². The Bertz CT molecular complexity index is 272. The molecule has 1 aromatic rings. The van der Waals surface area contributed by atoms with Gasteiger partial charge in [0.1, 0.15) is 0 Å². The minimum atomic E-state index is 0.806. The van der Waals surface area contributed by atoms with Crippen LogP contribution in [0.15, 0.2) is 36.7 Å². The van der Waals surface area contributed by atoms with E-state index in [1.165, 1.54) is 5.56 Å². The van der Waals surface area contributed by atoms with Crippen LogP contribution in [0.2, 0.25) is 0 Å². The third-order valence-electron chi connectivity index (χ3n) is 1.86. The summed E-state index contributed by atoms with van der Waals surface area (Å²) in [7, 11) is 2.09. The molecule has 76 valence electrons. The highest BCUT2D eigenvalue weighted by atomic mass is 32.1. The quantitative estimate of drug-likeness (QED) is 0.588. The Morgan fingerprint density at radius 2 is 2.36 bits per heavy atom. The lowest BCUT2D eigenvalue weighted by molar-refractivity contribution is 0.363. The van der Waals surface area contributed by atoms with E-state index < -0.39 is 0 Å². The lowest BCUT2D eigenvalue weighted by Gasteiger charge is -2.13. The molecule has 0 amide bonds. The normalized spacial score (nSPS) is 11.4. The van der Waals surface area contributed by atoms with Gasteiger partial charge in [0.05, 0.1) is 0 Å². The summed E-state index contributed by atoms with van der Waals surface area (Å²) in [6, 6.07) is 4.05. The van der Waals surface area contributed by atoms with Gasteiger partial charge in [0.2, 0.25) is 0 Å². The largest absolute Gasteiger partial charge is 0.298 e. The summed E-state index contributed by atoms with van der Waals surface area (Å²) in [4.78, 5) is 6.31. The van der Waals surface area contributed by atoms with Crippen molar-refractivity contribution in [2.45, 2.75) is 6.54 Å². The lowest BCUT2D eigenvalue weighted by atomic mass is 10.3. The molecule has 0 fully saturated rings. The van der Waals surface area contributed by atoms with Gasteiger partial charge in [-0.3, -0.25) is 9.88 Å². The fraction of sp³-hybridized carbons (Fsp3) is 0.364. The molecule has 0 aliphatic carbocycles. The molecule has 0 unspecified atom stereocenters. The highest BCUT2D eigenvalue weighted by Crippen LogP contribution is 2.00. The maximum absolute atomic E-state index is 4.11. The molecule has 1 rings (SSSR count). The van der Waals surface area contributed by atoms with Crippen LogP contribution in [0.4, 0.5) is 0 Å². The molecule has 0 aromatic carbocycles. The van der Waals surface area contributed by atoms with Crippen LogP contribution >= 0.6 is 12.6 Å². The highest BCUT2D eigenvalue weighted by molar-refractivity contribution is 7.80. The van der Waals surface area contributed by atoms with Crippen molar-refractivity contribution in [3.63, 3.8) is 0 Å². The second kappa shape index (κ2) is 6.62. The summed E-state index contributed by atoms with van der Waals surface area (Å²) in [6.07, 6.45) is 7.88. The van der Waals surface area contributed by atoms with Crippen molar-refractivity contribution in [3.05, 3.63) is 42.2 Å². The number of aromatic nitrogens is 1. The summed E-state index contributed by atoms with van der Waals surface area (Å²) in [5.41, 5.74) is 1.24. The first kappa shape index (κ1) is 11.3. The summed E-state index contributed by atoms with van der Waals surface area (Å²) in [5.74, 6) is 0.806. The van der Waals surface area contributed by atoms with Gasteiger partial charge in [0.15, 0.2) is 0 Å². The van der Waals surface area contributed by atoms with E-state index in [2.05, 4.69) is 47.8 Å². The maximum Gasteiger partial charge on any atom is 0.0312 e. The van der Waals surface area contributed by atoms with Crippen LogP contribution in [0.1, 0.15) is 5.56 Å². The number of thiol groups is 1. The molecule has 0 saturated carbocycles. The van der Waals surface area contributed by atoms with Crippen molar-refractivity contribution in [1.82, 2.24) is 9.88 Å². The zero-order valence-corrected chi connectivity index (χ0v) is 9.32. The lowest BCUT2D eigenvalue weighted by Crippen LogP contribution is -2.17. The van der Waals surface area contributed by atoms with Gasteiger partial charge in [0.25, 0.3) is 0 Å². The number of likely N-dealkylation sites (N-methyl/N-ethyl adjacent to an activating group) is 1. The smallest absolute Gasteiger partial charge is 0.0312 e. The van der Waals surface area contributed by atoms with Crippen LogP contribution in [0.5, 0.6) is 0 Å². The van der Waals surface area contributed by atoms with E-state index >= 15 is 0 Å². The Hall–Kier alpha value is -0.800. The van der Waals surface area contributed by atoms with E-state index in [1.807, 2.05) is 12.3 Å². The third-order valence-corrected chi connectivity index (χ3v) is 2.08. The van der Waals surface area contributed by atoms with Gasteiger partial charge in [-0.15, -0.1) is 0 Å². The fourth-order valence-corrected chi connectivity index (χ4v) is 1.35. The van der Waals surface area contributed by atoms with Gasteiger partial charge in [-0.1, -0.05) is 18.2 Å². The Morgan fingerprint density at radius 1 is 1.50 bits per heavy atom. The average molecular weight is 208 g/mol. The van der Waals surface area contributed by atoms with E-state index in [4.69, 9.17) is 0 Å². The Kier molecular flexibility index (Phi) is 5.33. The Labute approximate surface area is 91.1 Å². The van der Waals surface area contributed by atoms with E-state index in [-0.39, 0.29) is 0 Å². The predicted octanol–water partition coefficient (Wildman–Crippen LogP) is 2.00. The molecule has 0 aliphatic rings. The molecule has 0 spiro atoms. The van der Waals surface area contributed by atoms with E-state index in [0.717, 1.165) is 18.8 Å². The topological polar surface area (TPSA) is 16.1 Å². The zero-order chi connectivity index (χ0) is 10.2. The van der Waals surface area contributed by atoms with Crippen molar-refractivity contribution >= 4 is 12.6 Å². The molecule has 1 aromatic heterocycles. The molecular formula is C11H16N2S. The summed E-state index contributed by atoms with van der Waals surface area (Å²) in [5, 5.41) is 0. The number of nitrogens with zero attached hydrogens (tertiary/aromatic N) is 2. The van der Waals surface area contributed by atoms with Gasteiger partial charge in [-0.2, -0.15) is 12.6 Å². The molecule has 0 bridgehead atoms. The molecule has 1 heterocycles. The molecule has 0 atom stereocenters. The van der Waals surface area contributed by atoms with Crippen LogP contribution in [0.3, 0.4) is 0 Å². The Balaban J connectivity index is 2.34. The molecule has 0 radical (unpaired) electrons. The number of pyridine rings is 1. The first-order valence-corrected chi connectivity index (χ1v) is 5.29. The van der Waals surface area contributed by atoms with Crippen molar-refractivity contribution in [1.29, 1.82) is 0 Å². The highest BCUT2D eigenvalue weighted by Gasteiger charge is 1.96. The van der Waals surface area contributed by atoms with Gasteiger partial charge in [-0.25, -0.2) is 0 Å². The van der Waals surface area contributed by atoms with Gasteiger partial charge < -0.3 is 0 Å². The van der Waals surface area contributed by atoms with E-state index in [1.54, 1.807) is 6.20 Å². The van der Waals surface area contributed by atoms with Crippen molar-refractivity contribution in [3.8, 4) is 0 Å². The molecular weight excluding hydrogens is 192 g/mol. The molecule has 0 N–H and O–H groups in total. The van der Waals surface area contributed by atoms with Crippen LogP contribution in [-0.2, 0) is 6.54 Å². The minimum Gasteiger partial charge on any atom is -0.298 e. The molecule has 2 nitrogen and oxygen atoms in total. The van der Waals surface area contributed by atoms with Crippen molar-refractivity contribution in [2.24, 2.45) is 0 Å². The maximum atomic E-state index is 4.11. The minimum absolute atomic E-state index is 0.806. The predicted molar refractivity (Wildman–Crippen MR) is 63.6 cm³/mol. The summed E-state index contributed by atoms with van der Waals surface area (Å²) < 4.78 is 0. The van der Waals surface area contributed by atoms with Crippen LogP contribution in [0.25, 0.3) is 0 Å². The fourth-order valence-electron chi connectivity index (χ4n) is 1.20. The first-order valence-electron chi connectivity index (χ1n) is 4.66. The number of rotatable bonds is 5. The van der Waals surface area contributed by atoms with Gasteiger partial charge >= 0.3 is 0 Å². The van der Waals surface area contributed by atoms with Gasteiger partial charge in [0, 0.05) is 31.2 Å². The average Bonchev–Trinajstić information content (AvgIpc) is 2.20. The molecule has 0 aliphatic heterocycles. The van der Waals surface area contributed by atoms with Crippen LogP contribution < -0.4 is 0 Å². The Morgan fingerprint density at radius 3 is 3.00 bits per heavy atom. The second-order valence-corrected chi connectivity index (χ2v) is 3.58. The van der Waals surface area contributed by atoms with Gasteiger partial charge in [-0.05, 0) is 18.7 Å².